The van der Waals surface area contributed by atoms with Gasteiger partial charge in [-0.3, -0.25) is 9.59 Å². The Morgan fingerprint density at radius 1 is 1.46 bits per heavy atom. The van der Waals surface area contributed by atoms with Crippen molar-refractivity contribution in [3.63, 3.8) is 0 Å². The van der Waals surface area contributed by atoms with Gasteiger partial charge in [-0.2, -0.15) is 0 Å². The Morgan fingerprint density at radius 2 is 2.31 bits per heavy atom. The Bertz CT molecular complexity index is 783. The van der Waals surface area contributed by atoms with Gasteiger partial charge in [0.05, 0.1) is 5.92 Å². The summed E-state index contributed by atoms with van der Waals surface area (Å²) in [6.45, 7) is 2.76. The predicted octanol–water partition coefficient (Wildman–Crippen LogP) is 2.98. The van der Waals surface area contributed by atoms with Crippen LogP contribution in [0.5, 0.6) is 0 Å². The van der Waals surface area contributed by atoms with Crippen LogP contribution >= 0.6 is 11.3 Å². The fourth-order valence-corrected chi connectivity index (χ4v) is 3.87. The number of hydrogen-bond acceptors (Lipinski definition) is 5. The molecular weight excluding hydrogens is 352 g/mol. The number of ether oxygens (including phenoxy) is 1. The van der Waals surface area contributed by atoms with Crippen molar-refractivity contribution in [2.24, 2.45) is 5.92 Å². The van der Waals surface area contributed by atoms with Crippen LogP contribution in [0.15, 0.2) is 29.6 Å². The zero-order chi connectivity index (χ0) is 18.5. The fraction of sp³-hybridized carbons (Fsp3) is 0.421. The topological polar surface area (TPSA) is 88.5 Å². The van der Waals surface area contributed by atoms with E-state index < -0.39 is 11.9 Å². The number of nitrogens with zero attached hydrogens (tertiary/aromatic N) is 1. The number of thiazole rings is 1. The number of aromatic nitrogens is 1. The highest BCUT2D eigenvalue weighted by Gasteiger charge is 2.24. The Hall–Kier alpha value is -2.25. The number of aliphatic carboxylic acids is 1. The monoisotopic (exact) mass is 374 g/mol. The first kappa shape index (κ1) is 18.5. The van der Waals surface area contributed by atoms with Gasteiger partial charge in [-0.15, -0.1) is 11.3 Å². The van der Waals surface area contributed by atoms with Crippen molar-refractivity contribution in [1.82, 2.24) is 10.3 Å². The number of nitrogens with one attached hydrogen (secondary N) is 1. The molecule has 6 nitrogen and oxygen atoms in total. The summed E-state index contributed by atoms with van der Waals surface area (Å²) >= 11 is 1.41. The van der Waals surface area contributed by atoms with Crippen LogP contribution in [0, 0.1) is 12.8 Å². The summed E-state index contributed by atoms with van der Waals surface area (Å²) in [5, 5.41) is 14.7. The highest BCUT2D eigenvalue weighted by atomic mass is 32.1. The third-order valence-corrected chi connectivity index (χ3v) is 5.32. The average Bonchev–Trinajstić information content (AvgIpc) is 3.28. The number of benzene rings is 1. The zero-order valence-corrected chi connectivity index (χ0v) is 15.4. The number of carboxylic acids is 1. The summed E-state index contributed by atoms with van der Waals surface area (Å²) < 4.78 is 5.58. The molecule has 0 saturated carbocycles. The largest absolute Gasteiger partial charge is 0.481 e. The van der Waals surface area contributed by atoms with Crippen molar-refractivity contribution in [1.29, 1.82) is 0 Å². The van der Waals surface area contributed by atoms with Gasteiger partial charge < -0.3 is 15.2 Å². The highest BCUT2D eigenvalue weighted by molar-refractivity contribution is 7.09. The molecule has 3 rings (SSSR count). The third-order valence-electron chi connectivity index (χ3n) is 4.38. The van der Waals surface area contributed by atoms with E-state index in [-0.39, 0.29) is 18.6 Å². The zero-order valence-electron chi connectivity index (χ0n) is 14.6. The van der Waals surface area contributed by atoms with Crippen LogP contribution in [0.3, 0.4) is 0 Å². The fourth-order valence-electron chi connectivity index (χ4n) is 2.99. The van der Waals surface area contributed by atoms with Gasteiger partial charge in [0.1, 0.15) is 16.8 Å². The van der Waals surface area contributed by atoms with Gasteiger partial charge in [-0.1, -0.05) is 29.8 Å². The van der Waals surface area contributed by atoms with E-state index in [2.05, 4.69) is 10.3 Å². The van der Waals surface area contributed by atoms with Crippen molar-refractivity contribution in [3.8, 4) is 0 Å². The molecule has 1 aliphatic heterocycles. The van der Waals surface area contributed by atoms with Gasteiger partial charge >= 0.3 is 5.97 Å². The van der Waals surface area contributed by atoms with E-state index in [0.717, 1.165) is 35.6 Å². The number of aryl methyl sites for hydroxylation is 1. The highest BCUT2D eigenvalue weighted by Crippen LogP contribution is 2.30. The van der Waals surface area contributed by atoms with Gasteiger partial charge in [0, 0.05) is 18.5 Å². The van der Waals surface area contributed by atoms with E-state index >= 15 is 0 Å². The molecule has 2 unspecified atom stereocenters. The lowest BCUT2D eigenvalue weighted by atomic mass is 9.98. The maximum Gasteiger partial charge on any atom is 0.308 e. The number of carbonyl (C=O) groups is 2. The molecule has 0 aliphatic carbocycles. The van der Waals surface area contributed by atoms with Gasteiger partial charge in [-0.05, 0) is 31.7 Å². The van der Waals surface area contributed by atoms with Gasteiger partial charge in [0.15, 0.2) is 0 Å². The number of amides is 1. The first-order chi connectivity index (χ1) is 12.5. The van der Waals surface area contributed by atoms with Crippen molar-refractivity contribution in [2.45, 2.75) is 32.3 Å². The van der Waals surface area contributed by atoms with Crippen LogP contribution in [0.2, 0.25) is 0 Å². The lowest BCUT2D eigenvalue weighted by Gasteiger charge is -2.13. The van der Waals surface area contributed by atoms with E-state index in [9.17, 15) is 14.7 Å². The molecule has 0 bridgehead atoms. The van der Waals surface area contributed by atoms with Gasteiger partial charge in [0.25, 0.3) is 5.91 Å². The van der Waals surface area contributed by atoms with Crippen LogP contribution in [0.25, 0.3) is 0 Å². The summed E-state index contributed by atoms with van der Waals surface area (Å²) in [7, 11) is 0. The quantitative estimate of drug-likeness (QED) is 0.778. The second kappa shape index (κ2) is 8.42. The maximum atomic E-state index is 12.3. The summed E-state index contributed by atoms with van der Waals surface area (Å²) in [6.07, 6.45) is 2.28. The Labute approximate surface area is 156 Å². The molecule has 2 aromatic rings. The van der Waals surface area contributed by atoms with Gasteiger partial charge in [-0.25, -0.2) is 4.98 Å². The molecule has 1 aromatic heterocycles. The number of carboxylic acid groups (broad SMARTS) is 1. The van der Waals surface area contributed by atoms with Crippen molar-refractivity contribution < 1.29 is 19.4 Å². The van der Waals surface area contributed by atoms with Gasteiger partial charge in [0.2, 0.25) is 0 Å². The molecule has 0 spiro atoms. The lowest BCUT2D eigenvalue weighted by molar-refractivity contribution is -0.141. The molecular formula is C19H22N2O4S. The Balaban J connectivity index is 1.58. The molecule has 138 valence electrons. The molecule has 1 amide bonds. The Kier molecular flexibility index (Phi) is 6.00. The molecule has 1 aromatic carbocycles. The molecule has 1 aliphatic rings. The van der Waals surface area contributed by atoms with Crippen LogP contribution < -0.4 is 5.32 Å². The average molecular weight is 374 g/mol. The minimum atomic E-state index is -0.926. The van der Waals surface area contributed by atoms with Crippen molar-refractivity contribution in [3.05, 3.63) is 51.5 Å². The van der Waals surface area contributed by atoms with Crippen LogP contribution in [-0.4, -0.2) is 35.1 Å². The SMILES string of the molecule is Cc1cccc(CC(CNC(=O)c2csc(C3CCCO3)n2)C(=O)O)c1. The second-order valence-corrected chi connectivity index (χ2v) is 7.40. The molecule has 7 heteroatoms. The number of hydrogen-bond donors (Lipinski definition) is 2. The van der Waals surface area contributed by atoms with Crippen LogP contribution in [-0.2, 0) is 16.0 Å². The molecule has 2 N–H and O–H groups in total. The van der Waals surface area contributed by atoms with E-state index in [1.54, 1.807) is 5.38 Å². The first-order valence-corrected chi connectivity index (χ1v) is 9.54. The second-order valence-electron chi connectivity index (χ2n) is 6.51. The molecule has 1 saturated heterocycles. The molecule has 2 heterocycles. The Morgan fingerprint density at radius 3 is 3.00 bits per heavy atom. The lowest BCUT2D eigenvalue weighted by Crippen LogP contribution is -2.34. The van der Waals surface area contributed by atoms with Crippen molar-refractivity contribution >= 4 is 23.2 Å². The predicted molar refractivity (Wildman–Crippen MR) is 98.4 cm³/mol. The van der Waals surface area contributed by atoms with Crippen LogP contribution in [0.1, 0.15) is 45.6 Å². The van der Waals surface area contributed by atoms with E-state index in [4.69, 9.17) is 4.74 Å². The summed E-state index contributed by atoms with van der Waals surface area (Å²) in [6, 6.07) is 7.74. The summed E-state index contributed by atoms with van der Waals surface area (Å²) in [5.41, 5.74) is 2.35. The van der Waals surface area contributed by atoms with Crippen LogP contribution in [0.4, 0.5) is 0 Å². The van der Waals surface area contributed by atoms with E-state index in [0.29, 0.717) is 12.1 Å². The number of rotatable bonds is 7. The first-order valence-electron chi connectivity index (χ1n) is 8.66. The van der Waals surface area contributed by atoms with Crippen molar-refractivity contribution in [2.75, 3.05) is 13.2 Å². The minimum absolute atomic E-state index is 0.0189. The molecule has 0 radical (unpaired) electrons. The molecule has 2 atom stereocenters. The third kappa shape index (κ3) is 4.68. The summed E-state index contributed by atoms with van der Waals surface area (Å²) in [4.78, 5) is 28.2. The van der Waals surface area contributed by atoms with E-state index in [1.807, 2.05) is 31.2 Å². The minimum Gasteiger partial charge on any atom is -0.481 e. The standard InChI is InChI=1S/C19H22N2O4S/c1-12-4-2-5-13(8-12)9-14(19(23)24)10-20-17(22)15-11-26-18(21-15)16-6-3-7-25-16/h2,4-5,8,11,14,16H,3,6-7,9-10H2,1H3,(H,20,22)(H,23,24). The number of carbonyl (C=O) groups excluding carboxylic acids is 1. The maximum absolute atomic E-state index is 12.3. The molecule has 1 fully saturated rings. The van der Waals surface area contributed by atoms with E-state index in [1.165, 1.54) is 11.3 Å². The normalized spacial score (nSPS) is 17.8. The smallest absolute Gasteiger partial charge is 0.308 e. The molecule has 26 heavy (non-hydrogen) atoms. The summed E-state index contributed by atoms with van der Waals surface area (Å²) in [5.74, 6) is -1.96.